The van der Waals surface area contributed by atoms with Crippen LogP contribution in [0.4, 0.5) is 0 Å². The molecule has 0 unspecified atom stereocenters. The maximum absolute atomic E-state index is 10.7. The number of carboxylic acid groups (broad SMARTS) is 1. The van der Waals surface area contributed by atoms with Gasteiger partial charge in [0.05, 0.1) is 18.7 Å². The average Bonchev–Trinajstić information content (AvgIpc) is 2.76. The van der Waals surface area contributed by atoms with Crippen molar-refractivity contribution in [2.75, 3.05) is 13.1 Å². The van der Waals surface area contributed by atoms with Gasteiger partial charge >= 0.3 is 5.97 Å². The number of rotatable bonds is 8. The summed E-state index contributed by atoms with van der Waals surface area (Å²) in [5, 5.41) is 9.91. The number of aliphatic carboxylic acids is 1. The zero-order valence-electron chi connectivity index (χ0n) is 12.3. The number of carboxylic acids is 1. The van der Waals surface area contributed by atoms with E-state index in [9.17, 15) is 4.79 Å². The van der Waals surface area contributed by atoms with Crippen LogP contribution >= 0.6 is 11.3 Å². The van der Waals surface area contributed by atoms with Gasteiger partial charge in [0.15, 0.2) is 0 Å². The van der Waals surface area contributed by atoms with Gasteiger partial charge in [-0.3, -0.25) is 9.69 Å². The Balaban J connectivity index is 2.84. The Labute approximate surface area is 119 Å². The fraction of sp³-hybridized carbons (Fsp3) is 0.714. The number of aromatic nitrogens is 1. The lowest BCUT2D eigenvalue weighted by Crippen LogP contribution is -2.21. The standard InChI is InChI=1S/C14H24N2O2S/c1-5-16(6-2)9-12-15-14(10(3)4)11(19-12)7-8-13(17)18/h10H,5-9H2,1-4H3,(H,17,18). The van der Waals surface area contributed by atoms with Gasteiger partial charge in [-0.15, -0.1) is 11.3 Å². The predicted molar refractivity (Wildman–Crippen MR) is 78.8 cm³/mol. The molecule has 0 bridgehead atoms. The number of carbonyl (C=O) groups is 1. The third-order valence-corrected chi connectivity index (χ3v) is 4.25. The summed E-state index contributed by atoms with van der Waals surface area (Å²) in [7, 11) is 0. The van der Waals surface area contributed by atoms with Crippen LogP contribution in [0.2, 0.25) is 0 Å². The molecule has 0 saturated heterocycles. The lowest BCUT2D eigenvalue weighted by molar-refractivity contribution is -0.136. The Kier molecular flexibility index (Phi) is 6.45. The van der Waals surface area contributed by atoms with E-state index in [1.165, 1.54) is 0 Å². The molecular weight excluding hydrogens is 260 g/mol. The number of aryl methyl sites for hydroxylation is 1. The molecule has 0 aliphatic heterocycles. The van der Waals surface area contributed by atoms with Crippen LogP contribution < -0.4 is 0 Å². The van der Waals surface area contributed by atoms with Crippen molar-refractivity contribution in [3.63, 3.8) is 0 Å². The van der Waals surface area contributed by atoms with E-state index in [0.29, 0.717) is 12.3 Å². The summed E-state index contributed by atoms with van der Waals surface area (Å²) < 4.78 is 0. The number of thiazole rings is 1. The first kappa shape index (κ1) is 16.1. The molecule has 0 fully saturated rings. The van der Waals surface area contributed by atoms with Gasteiger partial charge in [0.1, 0.15) is 5.01 Å². The second-order valence-electron chi connectivity index (χ2n) is 4.93. The first-order valence-electron chi connectivity index (χ1n) is 6.90. The molecule has 0 aliphatic rings. The molecule has 19 heavy (non-hydrogen) atoms. The Morgan fingerprint density at radius 2 is 2.00 bits per heavy atom. The zero-order chi connectivity index (χ0) is 14.4. The summed E-state index contributed by atoms with van der Waals surface area (Å²) in [5.41, 5.74) is 1.08. The molecule has 0 atom stereocenters. The molecule has 0 aliphatic carbocycles. The molecule has 5 heteroatoms. The molecule has 0 radical (unpaired) electrons. The minimum Gasteiger partial charge on any atom is -0.481 e. The molecule has 4 nitrogen and oxygen atoms in total. The van der Waals surface area contributed by atoms with E-state index in [-0.39, 0.29) is 6.42 Å². The van der Waals surface area contributed by atoms with Gasteiger partial charge in [-0.1, -0.05) is 27.7 Å². The molecule has 1 rings (SSSR count). The van der Waals surface area contributed by atoms with Crippen LogP contribution in [-0.4, -0.2) is 34.0 Å². The van der Waals surface area contributed by atoms with E-state index in [0.717, 1.165) is 35.2 Å². The van der Waals surface area contributed by atoms with E-state index in [1.54, 1.807) is 11.3 Å². The second-order valence-corrected chi connectivity index (χ2v) is 6.09. The lowest BCUT2D eigenvalue weighted by Gasteiger charge is -2.15. The van der Waals surface area contributed by atoms with E-state index < -0.39 is 5.97 Å². The topological polar surface area (TPSA) is 53.4 Å². The van der Waals surface area contributed by atoms with Crippen LogP contribution in [0.25, 0.3) is 0 Å². The molecule has 1 aromatic rings. The van der Waals surface area contributed by atoms with E-state index in [2.05, 4.69) is 32.6 Å². The Hall–Kier alpha value is -0.940. The number of nitrogens with zero attached hydrogens (tertiary/aromatic N) is 2. The molecule has 108 valence electrons. The fourth-order valence-corrected chi connectivity index (χ4v) is 3.24. The van der Waals surface area contributed by atoms with Crippen molar-refractivity contribution in [1.29, 1.82) is 0 Å². The molecule has 0 spiro atoms. The van der Waals surface area contributed by atoms with Gasteiger partial charge in [-0.05, 0) is 25.4 Å². The van der Waals surface area contributed by atoms with Crippen LogP contribution in [0.1, 0.15) is 55.6 Å². The van der Waals surface area contributed by atoms with E-state index in [1.807, 2.05) is 0 Å². The van der Waals surface area contributed by atoms with Gasteiger partial charge in [0, 0.05) is 4.88 Å². The van der Waals surface area contributed by atoms with Crippen LogP contribution in [-0.2, 0) is 17.8 Å². The predicted octanol–water partition coefficient (Wildman–Crippen LogP) is 3.13. The minimum absolute atomic E-state index is 0.187. The van der Waals surface area contributed by atoms with E-state index in [4.69, 9.17) is 10.1 Å². The van der Waals surface area contributed by atoms with E-state index >= 15 is 0 Å². The molecule has 0 saturated carbocycles. The van der Waals surface area contributed by atoms with Crippen molar-refractivity contribution < 1.29 is 9.90 Å². The highest BCUT2D eigenvalue weighted by Gasteiger charge is 2.16. The maximum atomic E-state index is 10.7. The van der Waals surface area contributed by atoms with Crippen molar-refractivity contribution in [3.8, 4) is 0 Å². The van der Waals surface area contributed by atoms with Gasteiger partial charge in [0.2, 0.25) is 0 Å². The van der Waals surface area contributed by atoms with Gasteiger partial charge < -0.3 is 5.11 Å². The average molecular weight is 284 g/mol. The SMILES string of the molecule is CCN(CC)Cc1nc(C(C)C)c(CCC(=O)O)s1. The molecule has 0 aromatic carbocycles. The van der Waals surface area contributed by atoms with Crippen molar-refractivity contribution in [2.45, 2.75) is 53.0 Å². The molecule has 1 aromatic heterocycles. The highest BCUT2D eigenvalue weighted by molar-refractivity contribution is 7.11. The Bertz CT molecular complexity index is 412. The van der Waals surface area contributed by atoms with Crippen molar-refractivity contribution in [3.05, 3.63) is 15.6 Å². The minimum atomic E-state index is -0.742. The molecule has 0 amide bonds. The first-order valence-corrected chi connectivity index (χ1v) is 7.72. The third-order valence-electron chi connectivity index (χ3n) is 3.14. The molecule has 1 heterocycles. The highest BCUT2D eigenvalue weighted by atomic mass is 32.1. The van der Waals surface area contributed by atoms with Crippen LogP contribution in [0.15, 0.2) is 0 Å². The summed E-state index contributed by atoms with van der Waals surface area (Å²) in [6.45, 7) is 11.4. The van der Waals surface area contributed by atoms with Crippen LogP contribution in [0.3, 0.4) is 0 Å². The van der Waals surface area contributed by atoms with Crippen molar-refractivity contribution in [2.24, 2.45) is 0 Å². The van der Waals surface area contributed by atoms with Gasteiger partial charge in [0.25, 0.3) is 0 Å². The molecular formula is C14H24N2O2S. The largest absolute Gasteiger partial charge is 0.481 e. The summed E-state index contributed by atoms with van der Waals surface area (Å²) in [5.74, 6) is -0.390. The number of hydrogen-bond acceptors (Lipinski definition) is 4. The van der Waals surface area contributed by atoms with Crippen molar-refractivity contribution >= 4 is 17.3 Å². The Morgan fingerprint density at radius 1 is 1.37 bits per heavy atom. The number of hydrogen-bond donors (Lipinski definition) is 1. The van der Waals surface area contributed by atoms with Gasteiger partial charge in [-0.2, -0.15) is 0 Å². The Morgan fingerprint density at radius 3 is 2.47 bits per heavy atom. The normalized spacial score (nSPS) is 11.5. The zero-order valence-corrected chi connectivity index (χ0v) is 13.1. The van der Waals surface area contributed by atoms with Gasteiger partial charge in [-0.25, -0.2) is 4.98 Å². The summed E-state index contributed by atoms with van der Waals surface area (Å²) in [4.78, 5) is 18.9. The van der Waals surface area contributed by atoms with Crippen LogP contribution in [0, 0.1) is 0 Å². The fourth-order valence-electron chi connectivity index (χ4n) is 1.97. The maximum Gasteiger partial charge on any atom is 0.303 e. The summed E-state index contributed by atoms with van der Waals surface area (Å²) in [6.07, 6.45) is 0.783. The molecule has 1 N–H and O–H groups in total. The monoisotopic (exact) mass is 284 g/mol. The summed E-state index contributed by atoms with van der Waals surface area (Å²) in [6, 6.07) is 0. The van der Waals surface area contributed by atoms with Crippen molar-refractivity contribution in [1.82, 2.24) is 9.88 Å². The smallest absolute Gasteiger partial charge is 0.303 e. The van der Waals surface area contributed by atoms with Crippen LogP contribution in [0.5, 0.6) is 0 Å². The quantitative estimate of drug-likeness (QED) is 0.797. The summed E-state index contributed by atoms with van der Waals surface area (Å²) >= 11 is 1.67. The highest BCUT2D eigenvalue weighted by Crippen LogP contribution is 2.27. The second kappa shape index (κ2) is 7.60. The lowest BCUT2D eigenvalue weighted by atomic mass is 10.1. The first-order chi connectivity index (χ1) is 8.97. The third kappa shape index (κ3) is 4.91.